The van der Waals surface area contributed by atoms with Gasteiger partial charge < -0.3 is 4.74 Å². The molecule has 0 atom stereocenters. The Bertz CT molecular complexity index is 714. The first-order chi connectivity index (χ1) is 10.0. The molecular weight excluding hydrogens is 354 g/mol. The number of alkyl halides is 1. The molecule has 21 heavy (non-hydrogen) atoms. The van der Waals surface area contributed by atoms with Gasteiger partial charge in [0.05, 0.1) is 17.7 Å². The van der Waals surface area contributed by atoms with Crippen molar-refractivity contribution in [3.05, 3.63) is 54.1 Å². The zero-order chi connectivity index (χ0) is 15.5. The molecule has 6 heteroatoms. The van der Waals surface area contributed by atoms with Gasteiger partial charge in [-0.15, -0.1) is 0 Å². The van der Waals surface area contributed by atoms with E-state index < -0.39 is 10.0 Å². The molecule has 0 fully saturated rings. The van der Waals surface area contributed by atoms with Gasteiger partial charge in [-0.2, -0.15) is 0 Å². The lowest BCUT2D eigenvalue weighted by Gasteiger charge is -2.21. The van der Waals surface area contributed by atoms with Crippen LogP contribution in [0.15, 0.2) is 53.4 Å². The highest BCUT2D eigenvalue weighted by Gasteiger charge is 2.23. The van der Waals surface area contributed by atoms with Crippen LogP contribution in [0.3, 0.4) is 0 Å². The van der Waals surface area contributed by atoms with Crippen LogP contribution in [-0.4, -0.2) is 22.6 Å². The summed E-state index contributed by atoms with van der Waals surface area (Å²) >= 11 is 3.34. The van der Waals surface area contributed by atoms with E-state index in [2.05, 4.69) is 15.9 Å². The fraction of sp³-hybridized carbons (Fsp3) is 0.200. The van der Waals surface area contributed by atoms with Gasteiger partial charge >= 0.3 is 0 Å². The number of sulfonamides is 1. The molecule has 0 N–H and O–H groups in total. The minimum Gasteiger partial charge on any atom is -0.495 e. The van der Waals surface area contributed by atoms with E-state index in [9.17, 15) is 8.42 Å². The normalized spacial score (nSPS) is 11.2. The second kappa shape index (κ2) is 6.49. The molecule has 2 aromatic carbocycles. The summed E-state index contributed by atoms with van der Waals surface area (Å²) in [7, 11) is -0.574. The number of halogens is 1. The molecule has 0 aliphatic rings. The van der Waals surface area contributed by atoms with Gasteiger partial charge in [-0.1, -0.05) is 40.2 Å². The highest BCUT2D eigenvalue weighted by atomic mass is 79.9. The van der Waals surface area contributed by atoms with Gasteiger partial charge in [0.15, 0.2) is 0 Å². The summed E-state index contributed by atoms with van der Waals surface area (Å²) in [5.41, 5.74) is 1.53. The first-order valence-electron chi connectivity index (χ1n) is 6.27. The van der Waals surface area contributed by atoms with E-state index in [1.807, 2.05) is 0 Å². The lowest BCUT2D eigenvalue weighted by atomic mass is 10.2. The van der Waals surface area contributed by atoms with Gasteiger partial charge in [-0.25, -0.2) is 8.42 Å². The van der Waals surface area contributed by atoms with Crippen LogP contribution in [-0.2, 0) is 15.4 Å². The molecule has 2 rings (SSSR count). The van der Waals surface area contributed by atoms with E-state index in [4.69, 9.17) is 4.74 Å². The molecule has 4 nitrogen and oxygen atoms in total. The van der Waals surface area contributed by atoms with E-state index in [0.29, 0.717) is 16.8 Å². The van der Waals surface area contributed by atoms with Gasteiger partial charge in [0.25, 0.3) is 10.0 Å². The molecule has 0 heterocycles. The lowest BCUT2D eigenvalue weighted by Crippen LogP contribution is -2.26. The van der Waals surface area contributed by atoms with Crippen LogP contribution in [0.4, 0.5) is 5.69 Å². The van der Waals surface area contributed by atoms with Crippen LogP contribution in [0.1, 0.15) is 5.56 Å². The summed E-state index contributed by atoms with van der Waals surface area (Å²) in [5.74, 6) is 0.514. The van der Waals surface area contributed by atoms with Crippen molar-refractivity contribution in [3.8, 4) is 5.75 Å². The summed E-state index contributed by atoms with van der Waals surface area (Å²) in [6, 6.07) is 13.8. The third-order valence-corrected chi connectivity index (χ3v) is 5.59. The number of rotatable bonds is 5. The zero-order valence-corrected chi connectivity index (χ0v) is 14.2. The highest BCUT2D eigenvalue weighted by Crippen LogP contribution is 2.30. The number of ether oxygens (including phenoxy) is 1. The standard InChI is InChI=1S/C15H16BrNO3S/c1-17(14-5-3-4-6-15(14)20-2)21(18,19)13-9-7-12(11-16)8-10-13/h3-10H,11H2,1-2H3. The average molecular weight is 370 g/mol. The smallest absolute Gasteiger partial charge is 0.264 e. The van der Waals surface area contributed by atoms with Crippen molar-refractivity contribution >= 4 is 31.6 Å². The predicted octanol–water partition coefficient (Wildman–Crippen LogP) is 3.42. The Morgan fingerprint density at radius 3 is 2.29 bits per heavy atom. The van der Waals surface area contributed by atoms with Crippen molar-refractivity contribution in [1.29, 1.82) is 0 Å². The maximum atomic E-state index is 12.7. The van der Waals surface area contributed by atoms with Crippen LogP contribution >= 0.6 is 15.9 Å². The number of anilines is 1. The van der Waals surface area contributed by atoms with E-state index in [0.717, 1.165) is 5.56 Å². The molecule has 0 aliphatic carbocycles. The van der Waals surface area contributed by atoms with E-state index in [1.54, 1.807) is 48.5 Å². The number of nitrogens with zero attached hydrogens (tertiary/aromatic N) is 1. The quantitative estimate of drug-likeness (QED) is 0.758. The van der Waals surface area contributed by atoms with Crippen molar-refractivity contribution in [2.45, 2.75) is 10.2 Å². The van der Waals surface area contributed by atoms with Gasteiger partial charge in [-0.05, 0) is 29.8 Å². The molecule has 0 saturated carbocycles. The van der Waals surface area contributed by atoms with E-state index in [-0.39, 0.29) is 4.90 Å². The topological polar surface area (TPSA) is 46.6 Å². The summed E-state index contributed by atoms with van der Waals surface area (Å²) < 4.78 is 31.8. The molecule has 0 aromatic heterocycles. The summed E-state index contributed by atoms with van der Waals surface area (Å²) in [6.07, 6.45) is 0. The Labute approximate surface area is 133 Å². The summed E-state index contributed by atoms with van der Waals surface area (Å²) in [5, 5.41) is 0.690. The minimum atomic E-state index is -3.61. The van der Waals surface area contributed by atoms with Crippen LogP contribution in [0, 0.1) is 0 Å². The summed E-state index contributed by atoms with van der Waals surface area (Å²) in [4.78, 5) is 0.251. The number of hydrogen-bond acceptors (Lipinski definition) is 3. The molecule has 0 unspecified atom stereocenters. The molecule has 0 bridgehead atoms. The van der Waals surface area contributed by atoms with E-state index in [1.165, 1.54) is 18.5 Å². The first-order valence-corrected chi connectivity index (χ1v) is 8.83. The van der Waals surface area contributed by atoms with E-state index >= 15 is 0 Å². The fourth-order valence-corrected chi connectivity index (χ4v) is 3.51. The average Bonchev–Trinajstić information content (AvgIpc) is 2.54. The lowest BCUT2D eigenvalue weighted by molar-refractivity contribution is 0.416. The maximum Gasteiger partial charge on any atom is 0.264 e. The number of benzene rings is 2. The van der Waals surface area contributed by atoms with Gasteiger partial charge in [0, 0.05) is 12.4 Å². The van der Waals surface area contributed by atoms with Gasteiger partial charge in [0.1, 0.15) is 5.75 Å². The largest absolute Gasteiger partial charge is 0.495 e. The van der Waals surface area contributed by atoms with Crippen LogP contribution < -0.4 is 9.04 Å². The maximum absolute atomic E-state index is 12.7. The SMILES string of the molecule is COc1ccccc1N(C)S(=O)(=O)c1ccc(CBr)cc1. The van der Waals surface area contributed by atoms with Crippen molar-refractivity contribution in [1.82, 2.24) is 0 Å². The Hall–Kier alpha value is -1.53. The highest BCUT2D eigenvalue weighted by molar-refractivity contribution is 9.08. The Morgan fingerprint density at radius 2 is 1.71 bits per heavy atom. The molecule has 0 amide bonds. The Morgan fingerprint density at radius 1 is 1.10 bits per heavy atom. The third kappa shape index (κ3) is 3.22. The van der Waals surface area contributed by atoms with Gasteiger partial charge in [0.2, 0.25) is 0 Å². The number of hydrogen-bond donors (Lipinski definition) is 0. The third-order valence-electron chi connectivity index (χ3n) is 3.16. The molecule has 2 aromatic rings. The Kier molecular flexibility index (Phi) is 4.90. The van der Waals surface area contributed by atoms with Crippen molar-refractivity contribution < 1.29 is 13.2 Å². The van der Waals surface area contributed by atoms with Crippen molar-refractivity contribution in [3.63, 3.8) is 0 Å². The number of para-hydroxylation sites is 2. The monoisotopic (exact) mass is 369 g/mol. The molecule has 0 saturated heterocycles. The van der Waals surface area contributed by atoms with Crippen LogP contribution in [0.25, 0.3) is 0 Å². The molecule has 0 aliphatic heterocycles. The minimum absolute atomic E-state index is 0.251. The number of methoxy groups -OCH3 is 1. The van der Waals surface area contributed by atoms with Crippen LogP contribution in [0.5, 0.6) is 5.75 Å². The van der Waals surface area contributed by atoms with Crippen molar-refractivity contribution in [2.75, 3.05) is 18.5 Å². The summed E-state index contributed by atoms with van der Waals surface area (Å²) in [6.45, 7) is 0. The Balaban J connectivity index is 2.42. The fourth-order valence-electron chi connectivity index (χ4n) is 1.93. The predicted molar refractivity (Wildman–Crippen MR) is 87.7 cm³/mol. The second-order valence-corrected chi connectivity index (χ2v) is 6.95. The first kappa shape index (κ1) is 15.9. The van der Waals surface area contributed by atoms with Crippen molar-refractivity contribution in [2.24, 2.45) is 0 Å². The molecular formula is C15H16BrNO3S. The molecule has 0 spiro atoms. The molecule has 112 valence electrons. The zero-order valence-electron chi connectivity index (χ0n) is 11.8. The molecule has 0 radical (unpaired) electrons. The second-order valence-electron chi connectivity index (χ2n) is 4.42. The van der Waals surface area contributed by atoms with Crippen LogP contribution in [0.2, 0.25) is 0 Å². The van der Waals surface area contributed by atoms with Gasteiger partial charge in [-0.3, -0.25) is 4.31 Å².